The van der Waals surface area contributed by atoms with Crippen LogP contribution in [0.15, 0.2) is 0 Å². The normalized spacial score (nSPS) is 53.5. The third-order valence-electron chi connectivity index (χ3n) is 4.63. The Morgan fingerprint density at radius 3 is 2.00 bits per heavy atom. The summed E-state index contributed by atoms with van der Waals surface area (Å²) in [5, 5.41) is 49.2. The molecule has 0 saturated carbocycles. The molecule has 0 aromatic heterocycles. The van der Waals surface area contributed by atoms with Gasteiger partial charge in [0.1, 0.15) is 30.5 Å². The van der Waals surface area contributed by atoms with Gasteiger partial charge < -0.3 is 39.7 Å². The van der Waals surface area contributed by atoms with Crippen molar-refractivity contribution >= 4 is 0 Å². The van der Waals surface area contributed by atoms with Gasteiger partial charge in [0.25, 0.3) is 0 Å². The summed E-state index contributed by atoms with van der Waals surface area (Å²) in [5.74, 6) is -0.233. The lowest BCUT2D eigenvalue weighted by atomic mass is 9.91. The van der Waals surface area contributed by atoms with Gasteiger partial charge in [-0.25, -0.2) is 0 Å². The molecule has 0 amide bonds. The van der Waals surface area contributed by atoms with Crippen LogP contribution in [0, 0.1) is 5.92 Å². The molecule has 130 valence electrons. The van der Waals surface area contributed by atoms with E-state index in [1.54, 1.807) is 20.8 Å². The van der Waals surface area contributed by atoms with E-state index in [9.17, 15) is 25.5 Å². The number of hydrogen-bond donors (Lipinski definition) is 5. The summed E-state index contributed by atoms with van der Waals surface area (Å²) in [7, 11) is 0. The van der Waals surface area contributed by atoms with Crippen LogP contribution in [0.4, 0.5) is 0 Å². The first kappa shape index (κ1) is 18.0. The highest BCUT2D eigenvalue weighted by molar-refractivity contribution is 4.91. The molecule has 2 heterocycles. The van der Waals surface area contributed by atoms with Gasteiger partial charge in [-0.15, -0.1) is 0 Å². The van der Waals surface area contributed by atoms with E-state index in [4.69, 9.17) is 14.2 Å². The zero-order valence-corrected chi connectivity index (χ0v) is 12.9. The van der Waals surface area contributed by atoms with Gasteiger partial charge in [-0.05, 0) is 13.8 Å². The van der Waals surface area contributed by atoms with E-state index in [0.717, 1.165) is 0 Å². The highest BCUT2D eigenvalue weighted by atomic mass is 16.7. The molecule has 0 spiro atoms. The minimum Gasteiger partial charge on any atom is -0.390 e. The van der Waals surface area contributed by atoms with Crippen LogP contribution in [0.3, 0.4) is 0 Å². The van der Waals surface area contributed by atoms with Crippen molar-refractivity contribution in [3.8, 4) is 0 Å². The molecule has 5 N–H and O–H groups in total. The van der Waals surface area contributed by atoms with E-state index >= 15 is 0 Å². The van der Waals surface area contributed by atoms with Crippen molar-refractivity contribution in [2.24, 2.45) is 5.92 Å². The Kier molecular flexibility index (Phi) is 5.79. The molecular formula is C14H26O8. The summed E-state index contributed by atoms with van der Waals surface area (Å²) in [5.41, 5.74) is 0. The average Bonchev–Trinajstić information content (AvgIpc) is 2.49. The summed E-state index contributed by atoms with van der Waals surface area (Å²) >= 11 is 0. The molecule has 10 atom stereocenters. The quantitative estimate of drug-likeness (QED) is 0.403. The molecule has 2 aliphatic rings. The van der Waals surface area contributed by atoms with Crippen LogP contribution in [-0.2, 0) is 14.2 Å². The summed E-state index contributed by atoms with van der Waals surface area (Å²) < 4.78 is 16.3. The first-order valence-corrected chi connectivity index (χ1v) is 7.57. The summed E-state index contributed by atoms with van der Waals surface area (Å²) in [6.07, 6.45) is -8.87. The molecule has 0 bridgehead atoms. The molecule has 0 aromatic carbocycles. The van der Waals surface area contributed by atoms with Gasteiger partial charge >= 0.3 is 0 Å². The highest BCUT2D eigenvalue weighted by Gasteiger charge is 2.44. The molecular weight excluding hydrogens is 296 g/mol. The van der Waals surface area contributed by atoms with E-state index in [-0.39, 0.29) is 18.6 Å². The largest absolute Gasteiger partial charge is 0.390 e. The van der Waals surface area contributed by atoms with Crippen molar-refractivity contribution in [3.05, 3.63) is 0 Å². The third-order valence-corrected chi connectivity index (χ3v) is 4.63. The van der Waals surface area contributed by atoms with Crippen molar-refractivity contribution < 1.29 is 39.7 Å². The maximum Gasteiger partial charge on any atom is 0.186 e. The molecule has 2 fully saturated rings. The molecule has 8 heteroatoms. The molecule has 0 radical (unpaired) electrons. The lowest BCUT2D eigenvalue weighted by Gasteiger charge is -2.42. The van der Waals surface area contributed by atoms with Crippen molar-refractivity contribution in [2.45, 2.75) is 75.9 Å². The lowest BCUT2D eigenvalue weighted by molar-refractivity contribution is -0.298. The standard InChI is InChI=1S/C14H26O8/c1-5-6(2)22-14(13(19)9(5)15)20-4-8-11(17)12(18)10(16)7(3)21-8/h5-19H,4H2,1-3H3. The van der Waals surface area contributed by atoms with E-state index < -0.39 is 49.0 Å². The molecule has 8 nitrogen and oxygen atoms in total. The van der Waals surface area contributed by atoms with Crippen LogP contribution in [0.25, 0.3) is 0 Å². The molecule has 2 saturated heterocycles. The third kappa shape index (κ3) is 3.44. The van der Waals surface area contributed by atoms with Gasteiger partial charge in [-0.2, -0.15) is 0 Å². The van der Waals surface area contributed by atoms with Crippen LogP contribution in [0.1, 0.15) is 20.8 Å². The van der Waals surface area contributed by atoms with Crippen molar-refractivity contribution in [1.29, 1.82) is 0 Å². The first-order valence-electron chi connectivity index (χ1n) is 7.57. The maximum atomic E-state index is 9.97. The fourth-order valence-electron chi connectivity index (χ4n) is 2.77. The van der Waals surface area contributed by atoms with E-state index in [1.807, 2.05) is 0 Å². The van der Waals surface area contributed by atoms with Crippen LogP contribution in [-0.4, -0.2) is 87.3 Å². The van der Waals surface area contributed by atoms with Crippen LogP contribution >= 0.6 is 0 Å². The second kappa shape index (κ2) is 7.06. The van der Waals surface area contributed by atoms with Gasteiger partial charge in [0.05, 0.1) is 24.9 Å². The molecule has 22 heavy (non-hydrogen) atoms. The molecule has 2 rings (SSSR count). The SMILES string of the molecule is CC1OC(OCC2OC(C)C(O)C(O)C2O)C(O)C(O)C1C. The second-order valence-corrected chi connectivity index (χ2v) is 6.23. The molecule has 0 aromatic rings. The fraction of sp³-hybridized carbons (Fsp3) is 1.00. The minimum atomic E-state index is -1.33. The predicted octanol–water partition coefficient (Wildman–Crippen LogP) is -2.02. The average molecular weight is 322 g/mol. The molecule has 2 aliphatic heterocycles. The second-order valence-electron chi connectivity index (χ2n) is 6.23. The smallest absolute Gasteiger partial charge is 0.186 e. The fourth-order valence-corrected chi connectivity index (χ4v) is 2.77. The minimum absolute atomic E-state index is 0.148. The number of ether oxygens (including phenoxy) is 3. The van der Waals surface area contributed by atoms with Gasteiger partial charge in [-0.1, -0.05) is 6.92 Å². The van der Waals surface area contributed by atoms with Gasteiger partial charge in [0.15, 0.2) is 6.29 Å². The Balaban J connectivity index is 1.92. The van der Waals surface area contributed by atoms with Gasteiger partial charge in [-0.3, -0.25) is 0 Å². The maximum absolute atomic E-state index is 9.97. The Labute approximate surface area is 129 Å². The summed E-state index contributed by atoms with van der Waals surface area (Å²) in [6, 6.07) is 0. The summed E-state index contributed by atoms with van der Waals surface area (Å²) in [4.78, 5) is 0. The van der Waals surface area contributed by atoms with Crippen molar-refractivity contribution in [1.82, 2.24) is 0 Å². The number of rotatable bonds is 3. The Bertz CT molecular complexity index is 333. The monoisotopic (exact) mass is 322 g/mol. The van der Waals surface area contributed by atoms with Gasteiger partial charge in [0, 0.05) is 5.92 Å². The Hall–Kier alpha value is -0.320. The highest BCUT2D eigenvalue weighted by Crippen LogP contribution is 2.27. The summed E-state index contributed by atoms with van der Waals surface area (Å²) in [6.45, 7) is 4.96. The zero-order chi connectivity index (χ0) is 16.6. The van der Waals surface area contributed by atoms with E-state index in [2.05, 4.69) is 0 Å². The van der Waals surface area contributed by atoms with Crippen LogP contribution in [0.5, 0.6) is 0 Å². The van der Waals surface area contributed by atoms with Crippen molar-refractivity contribution in [2.75, 3.05) is 6.61 Å². The number of aliphatic hydroxyl groups is 5. The lowest BCUT2D eigenvalue weighted by Crippen LogP contribution is -2.59. The topological polar surface area (TPSA) is 129 Å². The first-order chi connectivity index (χ1) is 10.2. The van der Waals surface area contributed by atoms with E-state index in [0.29, 0.717) is 0 Å². The van der Waals surface area contributed by atoms with Gasteiger partial charge in [0.2, 0.25) is 0 Å². The Morgan fingerprint density at radius 2 is 1.36 bits per heavy atom. The van der Waals surface area contributed by atoms with Crippen LogP contribution < -0.4 is 0 Å². The van der Waals surface area contributed by atoms with E-state index in [1.165, 1.54) is 0 Å². The molecule has 10 unspecified atom stereocenters. The predicted molar refractivity (Wildman–Crippen MR) is 73.8 cm³/mol. The molecule has 0 aliphatic carbocycles. The Morgan fingerprint density at radius 1 is 0.727 bits per heavy atom. The van der Waals surface area contributed by atoms with Crippen molar-refractivity contribution in [3.63, 3.8) is 0 Å². The number of hydrogen-bond acceptors (Lipinski definition) is 8. The zero-order valence-electron chi connectivity index (χ0n) is 12.9. The number of aliphatic hydroxyl groups excluding tert-OH is 5. The van der Waals surface area contributed by atoms with Crippen LogP contribution in [0.2, 0.25) is 0 Å².